The van der Waals surface area contributed by atoms with E-state index in [1.54, 1.807) is 0 Å². The smallest absolute Gasteiger partial charge is 0.283 e. The molecular weight excluding hydrogens is 340 g/mol. The molecule has 2 heterocycles. The monoisotopic (exact) mass is 362 g/mol. The van der Waals surface area contributed by atoms with Crippen molar-refractivity contribution in [2.75, 3.05) is 18.0 Å². The Morgan fingerprint density at radius 2 is 1.96 bits per heavy atom. The van der Waals surface area contributed by atoms with Gasteiger partial charge in [0.2, 0.25) is 5.88 Å². The van der Waals surface area contributed by atoms with Gasteiger partial charge in [0.05, 0.1) is 5.52 Å². The largest absolute Gasteiger partial charge is 0.493 e. The fourth-order valence-electron chi connectivity index (χ4n) is 3.75. The Morgan fingerprint density at radius 3 is 2.81 bits per heavy atom. The third-order valence-electron chi connectivity index (χ3n) is 5.12. The number of H-pyrrole nitrogens is 1. The highest BCUT2D eigenvalue weighted by Gasteiger charge is 2.19. The molecule has 0 atom stereocenters. The zero-order chi connectivity index (χ0) is 19.0. The standard InChI is InChI=1S/C21H22N4O2/c1-13-9-10-14(2)19-18(13)20(21(27)22-19)24-23-17(26)12-25-11-5-7-15-6-3-4-8-16(15)25/h3-4,6,8-10,22,27H,5,7,11-12H2,1-2H3. The van der Waals surface area contributed by atoms with Gasteiger partial charge in [-0.2, -0.15) is 0 Å². The van der Waals surface area contributed by atoms with Gasteiger partial charge in [-0.15, -0.1) is 10.2 Å². The van der Waals surface area contributed by atoms with Crippen LogP contribution in [0.1, 0.15) is 23.1 Å². The summed E-state index contributed by atoms with van der Waals surface area (Å²) in [7, 11) is 0. The first-order valence-electron chi connectivity index (χ1n) is 9.13. The van der Waals surface area contributed by atoms with Crippen molar-refractivity contribution in [1.82, 2.24) is 4.98 Å². The van der Waals surface area contributed by atoms with E-state index in [1.807, 2.05) is 49.1 Å². The quantitative estimate of drug-likeness (QED) is 0.671. The average Bonchev–Trinajstić information content (AvgIpc) is 3.01. The highest BCUT2D eigenvalue weighted by Crippen LogP contribution is 2.38. The van der Waals surface area contributed by atoms with Crippen molar-refractivity contribution in [2.45, 2.75) is 26.7 Å². The summed E-state index contributed by atoms with van der Waals surface area (Å²) in [4.78, 5) is 17.4. The zero-order valence-electron chi connectivity index (χ0n) is 15.5. The lowest BCUT2D eigenvalue weighted by Crippen LogP contribution is -2.33. The predicted molar refractivity (Wildman–Crippen MR) is 106 cm³/mol. The van der Waals surface area contributed by atoms with E-state index in [1.165, 1.54) is 5.56 Å². The summed E-state index contributed by atoms with van der Waals surface area (Å²) in [6.45, 7) is 4.91. The van der Waals surface area contributed by atoms with E-state index in [0.29, 0.717) is 5.69 Å². The van der Waals surface area contributed by atoms with Crippen molar-refractivity contribution in [2.24, 2.45) is 10.2 Å². The summed E-state index contributed by atoms with van der Waals surface area (Å²) in [6, 6.07) is 12.1. The normalized spacial score (nSPS) is 14.1. The van der Waals surface area contributed by atoms with Crippen LogP contribution in [0.4, 0.5) is 11.4 Å². The number of para-hydroxylation sites is 1. The molecule has 0 bridgehead atoms. The minimum atomic E-state index is -0.328. The summed E-state index contributed by atoms with van der Waals surface area (Å²) >= 11 is 0. The van der Waals surface area contributed by atoms with Crippen LogP contribution in [-0.2, 0) is 11.2 Å². The predicted octanol–water partition coefficient (Wildman–Crippen LogP) is 4.55. The number of carbonyl (C=O) groups excluding carboxylic acids is 1. The van der Waals surface area contributed by atoms with E-state index in [4.69, 9.17) is 0 Å². The van der Waals surface area contributed by atoms with Crippen molar-refractivity contribution in [3.05, 3.63) is 53.1 Å². The topological polar surface area (TPSA) is 81.1 Å². The molecule has 138 valence electrons. The Bertz CT molecular complexity index is 1050. The third kappa shape index (κ3) is 3.18. The van der Waals surface area contributed by atoms with Crippen LogP contribution in [0.15, 0.2) is 46.6 Å². The molecule has 0 saturated heterocycles. The van der Waals surface area contributed by atoms with E-state index in [2.05, 4.69) is 21.3 Å². The number of anilines is 1. The van der Waals surface area contributed by atoms with Crippen LogP contribution in [0.2, 0.25) is 0 Å². The second-order valence-electron chi connectivity index (χ2n) is 7.02. The van der Waals surface area contributed by atoms with Crippen LogP contribution >= 0.6 is 0 Å². The van der Waals surface area contributed by atoms with Crippen LogP contribution in [-0.4, -0.2) is 29.1 Å². The molecule has 2 aromatic carbocycles. The lowest BCUT2D eigenvalue weighted by Gasteiger charge is -2.29. The van der Waals surface area contributed by atoms with Crippen molar-refractivity contribution in [3.63, 3.8) is 0 Å². The number of carbonyl (C=O) groups is 1. The fraction of sp³-hybridized carbons (Fsp3) is 0.286. The van der Waals surface area contributed by atoms with Crippen molar-refractivity contribution >= 4 is 28.2 Å². The Labute approximate surface area is 157 Å². The lowest BCUT2D eigenvalue weighted by molar-refractivity contribution is -0.117. The molecular formula is C21H22N4O2. The molecule has 1 aromatic heterocycles. The Balaban J connectivity index is 1.58. The van der Waals surface area contributed by atoms with E-state index >= 15 is 0 Å². The number of hydrogen-bond donors (Lipinski definition) is 2. The number of aromatic amines is 1. The van der Waals surface area contributed by atoms with Crippen LogP contribution in [0.5, 0.6) is 5.88 Å². The number of amides is 1. The second kappa shape index (κ2) is 6.87. The molecule has 27 heavy (non-hydrogen) atoms. The number of benzene rings is 2. The van der Waals surface area contributed by atoms with Crippen molar-refractivity contribution in [1.29, 1.82) is 0 Å². The number of azo groups is 1. The molecule has 0 radical (unpaired) electrons. The first-order chi connectivity index (χ1) is 13.0. The zero-order valence-corrected chi connectivity index (χ0v) is 15.5. The summed E-state index contributed by atoms with van der Waals surface area (Å²) in [5, 5.41) is 19.0. The van der Waals surface area contributed by atoms with Gasteiger partial charge in [-0.3, -0.25) is 4.79 Å². The van der Waals surface area contributed by atoms with E-state index in [0.717, 1.165) is 47.1 Å². The van der Waals surface area contributed by atoms with Crippen LogP contribution in [0.25, 0.3) is 10.9 Å². The van der Waals surface area contributed by atoms with Gasteiger partial charge in [-0.1, -0.05) is 30.3 Å². The molecule has 1 amide bonds. The molecule has 0 spiro atoms. The molecule has 3 aromatic rings. The highest BCUT2D eigenvalue weighted by atomic mass is 16.3. The first kappa shape index (κ1) is 17.3. The summed E-state index contributed by atoms with van der Waals surface area (Å²) < 4.78 is 0. The molecule has 1 aliphatic heterocycles. The third-order valence-corrected chi connectivity index (χ3v) is 5.12. The highest BCUT2D eigenvalue weighted by molar-refractivity contribution is 5.98. The van der Waals surface area contributed by atoms with Gasteiger partial charge in [0.25, 0.3) is 5.91 Å². The Hall–Kier alpha value is -3.15. The van der Waals surface area contributed by atoms with Gasteiger partial charge in [0, 0.05) is 17.6 Å². The number of nitrogens with one attached hydrogen (secondary N) is 1. The average molecular weight is 362 g/mol. The molecule has 0 aliphatic carbocycles. The molecule has 2 N–H and O–H groups in total. The maximum atomic E-state index is 12.4. The molecule has 0 saturated carbocycles. The van der Waals surface area contributed by atoms with E-state index < -0.39 is 0 Å². The van der Waals surface area contributed by atoms with Gasteiger partial charge < -0.3 is 15.0 Å². The van der Waals surface area contributed by atoms with Crippen LogP contribution < -0.4 is 4.90 Å². The lowest BCUT2D eigenvalue weighted by atomic mass is 10.0. The molecule has 1 aliphatic rings. The minimum absolute atomic E-state index is 0.0673. The summed E-state index contributed by atoms with van der Waals surface area (Å²) in [5.41, 5.74) is 5.46. The van der Waals surface area contributed by atoms with Gasteiger partial charge in [-0.25, -0.2) is 0 Å². The molecule has 6 nitrogen and oxygen atoms in total. The first-order valence-corrected chi connectivity index (χ1v) is 9.13. The second-order valence-corrected chi connectivity index (χ2v) is 7.02. The number of aryl methyl sites for hydroxylation is 3. The molecule has 6 heteroatoms. The maximum Gasteiger partial charge on any atom is 0.283 e. The van der Waals surface area contributed by atoms with Crippen molar-refractivity contribution in [3.8, 4) is 5.88 Å². The number of aromatic hydroxyl groups is 1. The van der Waals surface area contributed by atoms with E-state index in [9.17, 15) is 9.90 Å². The number of aromatic nitrogens is 1. The number of fused-ring (bicyclic) bond motifs is 2. The molecule has 4 rings (SSSR count). The van der Waals surface area contributed by atoms with Gasteiger partial charge in [0.1, 0.15) is 6.54 Å². The van der Waals surface area contributed by atoms with Gasteiger partial charge in [0.15, 0.2) is 5.69 Å². The number of rotatable bonds is 3. The van der Waals surface area contributed by atoms with Crippen molar-refractivity contribution < 1.29 is 9.90 Å². The molecule has 0 fully saturated rings. The Morgan fingerprint density at radius 1 is 1.19 bits per heavy atom. The van der Waals surface area contributed by atoms with Gasteiger partial charge in [-0.05, 0) is 49.4 Å². The summed E-state index contributed by atoms with van der Waals surface area (Å²) in [6.07, 6.45) is 2.05. The number of hydrogen-bond acceptors (Lipinski definition) is 4. The fourth-order valence-corrected chi connectivity index (χ4v) is 3.75. The SMILES string of the molecule is Cc1ccc(C)c2c(N=NC(=O)CN3CCCc4ccccc43)c(O)[nH]c12. The van der Waals surface area contributed by atoms with Crippen LogP contribution in [0, 0.1) is 13.8 Å². The van der Waals surface area contributed by atoms with Crippen LogP contribution in [0.3, 0.4) is 0 Å². The number of nitrogens with zero attached hydrogens (tertiary/aromatic N) is 3. The summed E-state index contributed by atoms with van der Waals surface area (Å²) in [5.74, 6) is -0.395. The van der Waals surface area contributed by atoms with Gasteiger partial charge >= 0.3 is 0 Å². The van der Waals surface area contributed by atoms with E-state index in [-0.39, 0.29) is 18.3 Å². The minimum Gasteiger partial charge on any atom is -0.493 e. The molecule has 0 unspecified atom stereocenters. The Kier molecular flexibility index (Phi) is 4.39. The maximum absolute atomic E-state index is 12.4.